The minimum absolute atomic E-state index is 0.0273. The highest BCUT2D eigenvalue weighted by molar-refractivity contribution is 5.97. The molecule has 1 fully saturated rings. The molecule has 1 rings (SSSR count). The van der Waals surface area contributed by atoms with Crippen molar-refractivity contribution in [1.29, 1.82) is 0 Å². The number of urea groups is 1. The van der Waals surface area contributed by atoms with Gasteiger partial charge in [-0.05, 0) is 39.5 Å². The number of carbonyl (C=O) groups excluding carboxylic acids is 2. The molecule has 2 atom stereocenters. The lowest BCUT2D eigenvalue weighted by Crippen LogP contribution is -2.59. The van der Waals surface area contributed by atoms with Crippen LogP contribution in [0, 0.1) is 5.41 Å². The summed E-state index contributed by atoms with van der Waals surface area (Å²) in [6, 6.07) is -0.650. The SMILES string of the molecule is CC(C(=O)NC(=O)NC(C)(C)C)N1CCC(N)C(C)(C)C1. The molecule has 6 heteroatoms. The van der Waals surface area contributed by atoms with E-state index in [0.717, 1.165) is 19.5 Å². The van der Waals surface area contributed by atoms with Crippen molar-refractivity contribution in [2.75, 3.05) is 13.1 Å². The smallest absolute Gasteiger partial charge is 0.321 e. The Morgan fingerprint density at radius 2 is 1.90 bits per heavy atom. The van der Waals surface area contributed by atoms with Crippen LogP contribution in [0.3, 0.4) is 0 Å². The van der Waals surface area contributed by atoms with Crippen LogP contribution in [-0.2, 0) is 4.79 Å². The molecule has 0 aromatic carbocycles. The average Bonchev–Trinajstić information content (AvgIpc) is 2.28. The Labute approximate surface area is 127 Å². The fourth-order valence-corrected chi connectivity index (χ4v) is 2.50. The normalized spacial score (nSPS) is 24.2. The molecule has 0 aromatic rings. The summed E-state index contributed by atoms with van der Waals surface area (Å²) in [5.41, 5.74) is 5.71. The van der Waals surface area contributed by atoms with Crippen LogP contribution in [0.5, 0.6) is 0 Å². The summed E-state index contributed by atoms with van der Waals surface area (Å²) in [6.07, 6.45) is 0.860. The van der Waals surface area contributed by atoms with Gasteiger partial charge in [0.2, 0.25) is 5.91 Å². The van der Waals surface area contributed by atoms with E-state index in [1.807, 2.05) is 27.7 Å². The van der Waals surface area contributed by atoms with Gasteiger partial charge in [0.25, 0.3) is 0 Å². The molecule has 0 bridgehead atoms. The maximum atomic E-state index is 12.2. The monoisotopic (exact) mass is 298 g/mol. The zero-order chi connectivity index (χ0) is 16.4. The molecule has 122 valence electrons. The lowest BCUT2D eigenvalue weighted by molar-refractivity contribution is -0.126. The van der Waals surface area contributed by atoms with Gasteiger partial charge in [0.1, 0.15) is 0 Å². The van der Waals surface area contributed by atoms with Crippen LogP contribution in [0.1, 0.15) is 48.0 Å². The van der Waals surface area contributed by atoms with Gasteiger partial charge < -0.3 is 11.1 Å². The summed E-state index contributed by atoms with van der Waals surface area (Å²) in [6.45, 7) is 13.2. The first kappa shape index (κ1) is 17.9. The van der Waals surface area contributed by atoms with Crippen LogP contribution in [0.2, 0.25) is 0 Å². The number of carbonyl (C=O) groups is 2. The first-order chi connectivity index (χ1) is 9.42. The van der Waals surface area contributed by atoms with Gasteiger partial charge in [-0.1, -0.05) is 13.8 Å². The lowest BCUT2D eigenvalue weighted by atomic mass is 9.79. The van der Waals surface area contributed by atoms with Crippen molar-refractivity contribution in [2.45, 2.75) is 65.6 Å². The number of piperidine rings is 1. The van der Waals surface area contributed by atoms with Gasteiger partial charge in [0, 0.05) is 24.7 Å². The predicted octanol–water partition coefficient (Wildman–Crippen LogP) is 1.06. The first-order valence-corrected chi connectivity index (χ1v) is 7.55. The van der Waals surface area contributed by atoms with Crippen LogP contribution < -0.4 is 16.4 Å². The van der Waals surface area contributed by atoms with E-state index in [4.69, 9.17) is 5.73 Å². The largest absolute Gasteiger partial charge is 0.333 e. The van der Waals surface area contributed by atoms with Crippen molar-refractivity contribution < 1.29 is 9.59 Å². The Hall–Kier alpha value is -1.14. The molecule has 1 saturated heterocycles. The Balaban J connectivity index is 2.57. The molecule has 1 heterocycles. The summed E-state index contributed by atoms with van der Waals surface area (Å²) in [4.78, 5) is 26.0. The van der Waals surface area contributed by atoms with Gasteiger partial charge in [0.15, 0.2) is 0 Å². The molecule has 0 aliphatic carbocycles. The van der Waals surface area contributed by atoms with Crippen LogP contribution in [-0.4, -0.2) is 47.6 Å². The predicted molar refractivity (Wildman–Crippen MR) is 83.8 cm³/mol. The first-order valence-electron chi connectivity index (χ1n) is 7.55. The highest BCUT2D eigenvalue weighted by atomic mass is 16.2. The molecule has 0 radical (unpaired) electrons. The molecule has 0 spiro atoms. The maximum absolute atomic E-state index is 12.2. The zero-order valence-corrected chi connectivity index (χ0v) is 14.1. The number of likely N-dealkylation sites (tertiary alicyclic amines) is 1. The quantitative estimate of drug-likeness (QED) is 0.711. The maximum Gasteiger partial charge on any atom is 0.321 e. The molecule has 3 amide bonds. The Bertz CT molecular complexity index is 401. The van der Waals surface area contributed by atoms with E-state index < -0.39 is 6.03 Å². The fraction of sp³-hybridized carbons (Fsp3) is 0.867. The Morgan fingerprint density at radius 3 is 2.38 bits per heavy atom. The second-order valence-corrected chi connectivity index (χ2v) is 7.72. The number of rotatable bonds is 2. The highest BCUT2D eigenvalue weighted by Gasteiger charge is 2.37. The molecule has 4 N–H and O–H groups in total. The third-order valence-corrected chi connectivity index (χ3v) is 3.99. The van der Waals surface area contributed by atoms with Gasteiger partial charge in [-0.25, -0.2) is 4.79 Å². The van der Waals surface area contributed by atoms with Crippen LogP contribution in [0.25, 0.3) is 0 Å². The van der Waals surface area contributed by atoms with Crippen molar-refractivity contribution in [2.24, 2.45) is 11.1 Å². The molecule has 2 unspecified atom stereocenters. The summed E-state index contributed by atoms with van der Waals surface area (Å²) < 4.78 is 0. The van der Waals surface area contributed by atoms with Crippen LogP contribution in [0.15, 0.2) is 0 Å². The molecule has 0 aromatic heterocycles. The number of hydrogen-bond acceptors (Lipinski definition) is 4. The van der Waals surface area contributed by atoms with Crippen LogP contribution >= 0.6 is 0 Å². The number of hydrogen-bond donors (Lipinski definition) is 3. The highest BCUT2D eigenvalue weighted by Crippen LogP contribution is 2.28. The summed E-state index contributed by atoms with van der Waals surface area (Å²) in [5.74, 6) is -0.275. The van der Waals surface area contributed by atoms with E-state index in [0.29, 0.717) is 0 Å². The summed E-state index contributed by atoms with van der Waals surface area (Å²) in [5, 5.41) is 5.13. The topological polar surface area (TPSA) is 87.5 Å². The van der Waals surface area contributed by atoms with E-state index in [-0.39, 0.29) is 28.9 Å². The van der Waals surface area contributed by atoms with E-state index in [2.05, 4.69) is 29.4 Å². The fourth-order valence-electron chi connectivity index (χ4n) is 2.50. The van der Waals surface area contributed by atoms with Crippen molar-refractivity contribution in [3.8, 4) is 0 Å². The summed E-state index contributed by atoms with van der Waals surface area (Å²) >= 11 is 0. The summed E-state index contributed by atoms with van der Waals surface area (Å²) in [7, 11) is 0. The van der Waals surface area contributed by atoms with Crippen molar-refractivity contribution in [3.63, 3.8) is 0 Å². The van der Waals surface area contributed by atoms with Gasteiger partial charge in [-0.2, -0.15) is 0 Å². The Kier molecular flexibility index (Phi) is 5.39. The lowest BCUT2D eigenvalue weighted by Gasteiger charge is -2.44. The Morgan fingerprint density at radius 1 is 1.33 bits per heavy atom. The van der Waals surface area contributed by atoms with E-state index in [9.17, 15) is 9.59 Å². The third kappa shape index (κ3) is 5.28. The van der Waals surface area contributed by atoms with E-state index in [1.165, 1.54) is 0 Å². The second-order valence-electron chi connectivity index (χ2n) is 7.72. The molecule has 1 aliphatic heterocycles. The number of nitrogens with two attached hydrogens (primary N) is 1. The molecular weight excluding hydrogens is 268 g/mol. The molecular formula is C15H30N4O2. The third-order valence-electron chi connectivity index (χ3n) is 3.99. The van der Waals surface area contributed by atoms with Gasteiger partial charge >= 0.3 is 6.03 Å². The second kappa shape index (κ2) is 6.32. The minimum Gasteiger partial charge on any atom is -0.333 e. The number of nitrogens with one attached hydrogen (secondary N) is 2. The number of imide groups is 1. The molecule has 21 heavy (non-hydrogen) atoms. The van der Waals surface area contributed by atoms with Gasteiger partial charge in [-0.15, -0.1) is 0 Å². The van der Waals surface area contributed by atoms with Gasteiger partial charge in [0.05, 0.1) is 6.04 Å². The molecule has 6 nitrogen and oxygen atoms in total. The number of nitrogens with zero attached hydrogens (tertiary/aromatic N) is 1. The average molecular weight is 298 g/mol. The van der Waals surface area contributed by atoms with Crippen LogP contribution in [0.4, 0.5) is 4.79 Å². The zero-order valence-electron chi connectivity index (χ0n) is 14.1. The van der Waals surface area contributed by atoms with Crippen molar-refractivity contribution in [3.05, 3.63) is 0 Å². The van der Waals surface area contributed by atoms with E-state index >= 15 is 0 Å². The standard InChI is InChI=1S/C15H30N4O2/c1-10(12(20)17-13(21)18-14(2,3)4)19-8-7-11(16)15(5,6)9-19/h10-11H,7-9,16H2,1-6H3,(H2,17,18,20,21). The van der Waals surface area contributed by atoms with Crippen molar-refractivity contribution in [1.82, 2.24) is 15.5 Å². The molecule has 0 saturated carbocycles. The van der Waals surface area contributed by atoms with Gasteiger partial charge in [-0.3, -0.25) is 15.0 Å². The minimum atomic E-state index is -0.452. The van der Waals surface area contributed by atoms with Crippen molar-refractivity contribution >= 4 is 11.9 Å². The number of amides is 3. The van der Waals surface area contributed by atoms with E-state index in [1.54, 1.807) is 0 Å². The molecule has 1 aliphatic rings.